The Hall–Kier alpha value is -1.34. The van der Waals surface area contributed by atoms with E-state index in [1.165, 1.54) is 0 Å². The summed E-state index contributed by atoms with van der Waals surface area (Å²) in [5, 5.41) is 1.98. The Balaban J connectivity index is 2.21. The van der Waals surface area contributed by atoms with Crippen LogP contribution in [0.2, 0.25) is 0 Å². The molecule has 2 aromatic heterocycles. The minimum Gasteiger partial charge on any atom is -0.461 e. The van der Waals surface area contributed by atoms with Gasteiger partial charge in [-0.15, -0.1) is 11.3 Å². The Morgan fingerprint density at radius 1 is 1.67 bits per heavy atom. The number of thiophene rings is 1. The van der Waals surface area contributed by atoms with Crippen LogP contribution in [0.4, 0.5) is 5.82 Å². The van der Waals surface area contributed by atoms with Gasteiger partial charge in [0.25, 0.3) is 0 Å². The molecule has 0 fully saturated rings. The lowest BCUT2D eigenvalue weighted by Crippen LogP contribution is -2.10. The van der Waals surface area contributed by atoms with Gasteiger partial charge in [0.1, 0.15) is 5.82 Å². The highest BCUT2D eigenvalue weighted by atomic mass is 79.9. The van der Waals surface area contributed by atoms with Gasteiger partial charge in [-0.3, -0.25) is 0 Å². The van der Waals surface area contributed by atoms with Crippen molar-refractivity contribution in [3.63, 3.8) is 0 Å². The van der Waals surface area contributed by atoms with Crippen molar-refractivity contribution in [2.75, 3.05) is 12.3 Å². The maximum Gasteiger partial charge on any atom is 0.360 e. The van der Waals surface area contributed by atoms with E-state index in [1.54, 1.807) is 29.2 Å². The third kappa shape index (κ3) is 2.56. The molecule has 0 spiro atoms. The quantitative estimate of drug-likeness (QED) is 0.875. The lowest BCUT2D eigenvalue weighted by molar-refractivity contribution is 0.0521. The van der Waals surface area contributed by atoms with E-state index in [0.29, 0.717) is 19.0 Å². The Kier molecular flexibility index (Phi) is 4.03. The van der Waals surface area contributed by atoms with Crippen molar-refractivity contribution in [3.8, 4) is 0 Å². The summed E-state index contributed by atoms with van der Waals surface area (Å²) in [6, 6.07) is 1.97. The van der Waals surface area contributed by atoms with Gasteiger partial charge in [-0.05, 0) is 34.3 Å². The number of hydrogen-bond donors (Lipinski definition) is 1. The van der Waals surface area contributed by atoms with Gasteiger partial charge in [-0.1, -0.05) is 0 Å². The maximum atomic E-state index is 11.6. The number of hydrogen-bond acceptors (Lipinski definition) is 5. The monoisotopic (exact) mass is 329 g/mol. The number of nitrogens with zero attached hydrogens (tertiary/aromatic N) is 2. The molecule has 96 valence electrons. The summed E-state index contributed by atoms with van der Waals surface area (Å²) in [5.74, 6) is -0.159. The van der Waals surface area contributed by atoms with E-state index in [1.807, 2.05) is 11.4 Å². The van der Waals surface area contributed by atoms with Crippen molar-refractivity contribution in [1.82, 2.24) is 9.55 Å². The Morgan fingerprint density at radius 2 is 2.44 bits per heavy atom. The molecular weight excluding hydrogens is 318 g/mol. The standard InChI is InChI=1S/C11H12BrN3O2S/c1-2-17-11(16)9-10(13)15(6-14-9)5-8-7(12)3-4-18-8/h3-4,6H,2,5,13H2,1H3. The number of anilines is 1. The first-order valence-corrected chi connectivity index (χ1v) is 7.00. The molecule has 0 atom stereocenters. The van der Waals surface area contributed by atoms with E-state index in [2.05, 4.69) is 20.9 Å². The highest BCUT2D eigenvalue weighted by Crippen LogP contribution is 2.25. The third-order valence-electron chi connectivity index (χ3n) is 2.35. The SMILES string of the molecule is CCOC(=O)c1ncn(Cc2sccc2Br)c1N. The van der Waals surface area contributed by atoms with Crippen LogP contribution in [0.5, 0.6) is 0 Å². The van der Waals surface area contributed by atoms with Gasteiger partial charge >= 0.3 is 5.97 Å². The van der Waals surface area contributed by atoms with E-state index < -0.39 is 5.97 Å². The van der Waals surface area contributed by atoms with Crippen molar-refractivity contribution in [2.45, 2.75) is 13.5 Å². The second kappa shape index (κ2) is 5.53. The van der Waals surface area contributed by atoms with Gasteiger partial charge < -0.3 is 15.0 Å². The van der Waals surface area contributed by atoms with Crippen LogP contribution in [-0.2, 0) is 11.3 Å². The van der Waals surface area contributed by atoms with Crippen molar-refractivity contribution in [1.29, 1.82) is 0 Å². The summed E-state index contributed by atoms with van der Waals surface area (Å²) in [5.41, 5.74) is 6.06. The van der Waals surface area contributed by atoms with Crippen LogP contribution in [0.1, 0.15) is 22.3 Å². The van der Waals surface area contributed by atoms with E-state index in [9.17, 15) is 4.79 Å². The lowest BCUT2D eigenvalue weighted by Gasteiger charge is -2.04. The number of carbonyl (C=O) groups excluding carboxylic acids is 1. The maximum absolute atomic E-state index is 11.6. The molecule has 2 heterocycles. The molecule has 7 heteroatoms. The van der Waals surface area contributed by atoms with Crippen molar-refractivity contribution < 1.29 is 9.53 Å². The van der Waals surface area contributed by atoms with E-state index in [0.717, 1.165) is 9.35 Å². The number of aromatic nitrogens is 2. The van der Waals surface area contributed by atoms with Gasteiger partial charge in [0, 0.05) is 9.35 Å². The normalized spacial score (nSPS) is 10.6. The van der Waals surface area contributed by atoms with Crippen LogP contribution < -0.4 is 5.73 Å². The lowest BCUT2D eigenvalue weighted by atomic mass is 10.4. The minimum atomic E-state index is -0.487. The summed E-state index contributed by atoms with van der Waals surface area (Å²) in [6.07, 6.45) is 1.55. The molecule has 0 saturated heterocycles. The second-order valence-corrected chi connectivity index (χ2v) is 5.37. The summed E-state index contributed by atoms with van der Waals surface area (Å²) >= 11 is 5.07. The average molecular weight is 330 g/mol. The number of ether oxygens (including phenoxy) is 1. The predicted molar refractivity (Wildman–Crippen MR) is 73.7 cm³/mol. The fraction of sp³-hybridized carbons (Fsp3) is 0.273. The van der Waals surface area contributed by atoms with Gasteiger partial charge in [-0.2, -0.15) is 0 Å². The molecule has 2 rings (SSSR count). The first kappa shape index (κ1) is 13.1. The zero-order chi connectivity index (χ0) is 13.1. The summed E-state index contributed by atoms with van der Waals surface area (Å²) < 4.78 is 7.63. The Labute approximate surface area is 117 Å². The molecule has 0 unspecified atom stereocenters. The smallest absolute Gasteiger partial charge is 0.360 e. The summed E-state index contributed by atoms with van der Waals surface area (Å²) in [4.78, 5) is 16.7. The average Bonchev–Trinajstić information content (AvgIpc) is 2.89. The first-order valence-electron chi connectivity index (χ1n) is 5.33. The van der Waals surface area contributed by atoms with E-state index in [-0.39, 0.29) is 5.69 Å². The largest absolute Gasteiger partial charge is 0.461 e. The molecule has 18 heavy (non-hydrogen) atoms. The molecule has 5 nitrogen and oxygen atoms in total. The van der Waals surface area contributed by atoms with Crippen LogP contribution in [0.3, 0.4) is 0 Å². The molecule has 0 aliphatic carbocycles. The third-order valence-corrected chi connectivity index (χ3v) is 4.26. The molecule has 2 aromatic rings. The van der Waals surface area contributed by atoms with Gasteiger partial charge in [0.05, 0.1) is 19.5 Å². The van der Waals surface area contributed by atoms with E-state index >= 15 is 0 Å². The van der Waals surface area contributed by atoms with Crippen molar-refractivity contribution in [3.05, 3.63) is 32.8 Å². The number of esters is 1. The molecule has 0 aliphatic heterocycles. The first-order chi connectivity index (χ1) is 8.63. The number of nitrogens with two attached hydrogens (primary N) is 1. The molecule has 2 N–H and O–H groups in total. The molecule has 0 bridgehead atoms. The van der Waals surface area contributed by atoms with Crippen LogP contribution in [0.25, 0.3) is 0 Å². The topological polar surface area (TPSA) is 70.1 Å². The Morgan fingerprint density at radius 3 is 3.06 bits per heavy atom. The number of nitrogen functional groups attached to an aromatic ring is 1. The van der Waals surface area contributed by atoms with E-state index in [4.69, 9.17) is 10.5 Å². The molecule has 0 saturated carbocycles. The predicted octanol–water partition coefficient (Wildman–Crippen LogP) is 2.51. The van der Waals surface area contributed by atoms with Gasteiger partial charge in [0.2, 0.25) is 0 Å². The minimum absolute atomic E-state index is 0.171. The number of rotatable bonds is 4. The summed E-state index contributed by atoms with van der Waals surface area (Å²) in [6.45, 7) is 2.63. The highest BCUT2D eigenvalue weighted by molar-refractivity contribution is 9.10. The van der Waals surface area contributed by atoms with Crippen LogP contribution in [0.15, 0.2) is 22.2 Å². The van der Waals surface area contributed by atoms with Crippen LogP contribution >= 0.6 is 27.3 Å². The van der Waals surface area contributed by atoms with Crippen molar-refractivity contribution in [2.24, 2.45) is 0 Å². The fourth-order valence-corrected chi connectivity index (χ4v) is 2.94. The molecular formula is C11H12BrN3O2S. The van der Waals surface area contributed by atoms with Crippen molar-refractivity contribution >= 4 is 39.1 Å². The van der Waals surface area contributed by atoms with Crippen LogP contribution in [-0.4, -0.2) is 22.1 Å². The van der Waals surface area contributed by atoms with Gasteiger partial charge in [0.15, 0.2) is 5.69 Å². The number of imidazole rings is 1. The Bertz CT molecular complexity index is 564. The zero-order valence-electron chi connectivity index (χ0n) is 9.72. The molecule has 0 aromatic carbocycles. The van der Waals surface area contributed by atoms with Gasteiger partial charge in [-0.25, -0.2) is 9.78 Å². The molecule has 0 amide bonds. The number of halogens is 1. The highest BCUT2D eigenvalue weighted by Gasteiger charge is 2.17. The zero-order valence-corrected chi connectivity index (χ0v) is 12.1. The molecule has 0 radical (unpaired) electrons. The summed E-state index contributed by atoms with van der Waals surface area (Å²) in [7, 11) is 0. The second-order valence-electron chi connectivity index (χ2n) is 3.52. The fourth-order valence-electron chi connectivity index (χ4n) is 1.47. The molecule has 0 aliphatic rings. The number of carbonyl (C=O) groups is 1. The van der Waals surface area contributed by atoms with Crippen LogP contribution in [0, 0.1) is 0 Å².